The Hall–Kier alpha value is -0.280. The maximum atomic E-state index is 9.63. The highest BCUT2D eigenvalue weighted by Gasteiger charge is 2.35. The smallest absolute Gasteiger partial charge is 0.124 e. The molecule has 2 N–H and O–H groups in total. The number of carboxylic acid groups (broad SMARTS) is 2. The quantitative estimate of drug-likeness (QED) is 0.0871. The normalized spacial score (nSPS) is 12.9. The van der Waals surface area contributed by atoms with Gasteiger partial charge in [0, 0.05) is 14.5 Å². The molecule has 0 aliphatic heterocycles. The summed E-state index contributed by atoms with van der Waals surface area (Å²) in [5.41, 5.74) is 0. The first-order chi connectivity index (χ1) is 20.9. The molecule has 0 aromatic heterocycles. The lowest BCUT2D eigenvalue weighted by atomic mass is 10.2. The van der Waals surface area contributed by atoms with Gasteiger partial charge in [0.1, 0.15) is 12.2 Å². The van der Waals surface area contributed by atoms with Gasteiger partial charge in [-0.1, -0.05) is 107 Å². The molecular weight excluding hydrogens is 590 g/mol. The molecule has 0 rings (SSSR count). The lowest BCUT2D eigenvalue weighted by Gasteiger charge is -2.28. The van der Waals surface area contributed by atoms with Crippen molar-refractivity contribution in [1.29, 1.82) is 0 Å². The van der Waals surface area contributed by atoms with Crippen molar-refractivity contribution in [3.63, 3.8) is 0 Å². The second-order valence-electron chi connectivity index (χ2n) is 12.8. The van der Waals surface area contributed by atoms with E-state index in [1.54, 1.807) is 49.3 Å². The van der Waals surface area contributed by atoms with Gasteiger partial charge in [-0.05, 0) is 51.4 Å². The zero-order chi connectivity index (χ0) is 34.3. The fourth-order valence-electron chi connectivity index (χ4n) is 5.55. The van der Waals surface area contributed by atoms with Gasteiger partial charge in [0.15, 0.2) is 0 Å². The van der Waals surface area contributed by atoms with Crippen LogP contribution in [0.4, 0.5) is 0 Å². The number of hydrogen-bond donors (Lipinski definition) is 2. The zero-order valence-electron chi connectivity index (χ0n) is 30.5. The van der Waals surface area contributed by atoms with E-state index >= 15 is 0 Å². The molecule has 0 bridgehead atoms. The van der Waals surface area contributed by atoms with Gasteiger partial charge in [-0.3, -0.25) is 0 Å². The summed E-state index contributed by atoms with van der Waals surface area (Å²) in [5.74, 6) is -4.12. The third-order valence-electron chi connectivity index (χ3n) is 8.67. The van der Waals surface area contributed by atoms with Crippen molar-refractivity contribution in [2.75, 3.05) is 49.3 Å². The number of carbonyl (C=O) groups excluding carboxylic acids is 2. The van der Waals surface area contributed by atoms with Crippen LogP contribution in [0.25, 0.3) is 0 Å². The molecule has 0 aliphatic carbocycles. The lowest BCUT2D eigenvalue weighted by Crippen LogP contribution is -2.51. The van der Waals surface area contributed by atoms with E-state index in [1.807, 2.05) is 0 Å². The summed E-state index contributed by atoms with van der Waals surface area (Å²) in [6.45, 7) is 18.8. The van der Waals surface area contributed by atoms with Crippen LogP contribution in [0.1, 0.15) is 158 Å². The van der Waals surface area contributed by atoms with Crippen molar-refractivity contribution in [3.8, 4) is 0 Å². The molecular formula is C36H76O6P2. The summed E-state index contributed by atoms with van der Waals surface area (Å²) in [5, 5.41) is 35.7. The fourth-order valence-corrected chi connectivity index (χ4v) is 16.1. The van der Waals surface area contributed by atoms with Gasteiger partial charge in [-0.15, -0.1) is 0 Å². The third kappa shape index (κ3) is 25.9. The Labute approximate surface area is 275 Å². The highest BCUT2D eigenvalue weighted by molar-refractivity contribution is 7.76. The molecule has 0 unspecified atom stereocenters. The van der Waals surface area contributed by atoms with Crippen LogP contribution in [0, 0.1) is 0 Å². The molecule has 266 valence electrons. The van der Waals surface area contributed by atoms with Crippen molar-refractivity contribution in [3.05, 3.63) is 0 Å². The van der Waals surface area contributed by atoms with E-state index in [0.29, 0.717) is 0 Å². The Kier molecular flexibility index (Phi) is 35.7. The van der Waals surface area contributed by atoms with Gasteiger partial charge < -0.3 is 30.0 Å². The Morgan fingerprint density at radius 2 is 0.545 bits per heavy atom. The van der Waals surface area contributed by atoms with Gasteiger partial charge >= 0.3 is 0 Å². The Morgan fingerprint density at radius 3 is 0.636 bits per heavy atom. The zero-order valence-corrected chi connectivity index (χ0v) is 32.3. The second-order valence-corrected chi connectivity index (χ2v) is 21.8. The van der Waals surface area contributed by atoms with Gasteiger partial charge in [0.25, 0.3) is 0 Å². The Bertz CT molecular complexity index is 517. The summed E-state index contributed by atoms with van der Waals surface area (Å²) in [7, 11) is -1.12. The first-order valence-corrected chi connectivity index (χ1v) is 23.5. The molecule has 0 saturated carbocycles. The molecule has 0 saturated heterocycles. The summed E-state index contributed by atoms with van der Waals surface area (Å²) in [6.07, 6.45) is 31.0. The maximum absolute atomic E-state index is 9.63. The van der Waals surface area contributed by atoms with Crippen molar-refractivity contribution in [2.24, 2.45) is 0 Å². The number of carboxylic acids is 2. The molecule has 0 spiro atoms. The SMILES string of the molecule is CCCC[P+](CCCC)(CCCC)CCCC.CCCC[P+](CCCC)(CCCC)CCCC.O=C([O-])[C@@H](O)[C@H](O)C(=O)[O-]. The molecule has 8 heteroatoms. The van der Waals surface area contributed by atoms with Crippen molar-refractivity contribution < 1.29 is 30.0 Å². The summed E-state index contributed by atoms with van der Waals surface area (Å²) >= 11 is 0. The Morgan fingerprint density at radius 1 is 0.409 bits per heavy atom. The third-order valence-corrected chi connectivity index (χ3v) is 18.8. The minimum absolute atomic E-state index is 0.562. The second kappa shape index (κ2) is 32.7. The molecule has 0 amide bonds. The van der Waals surface area contributed by atoms with Crippen LogP contribution in [0.5, 0.6) is 0 Å². The number of unbranched alkanes of at least 4 members (excludes halogenated alkanes) is 8. The van der Waals surface area contributed by atoms with E-state index in [-0.39, 0.29) is 0 Å². The van der Waals surface area contributed by atoms with Crippen molar-refractivity contribution in [2.45, 2.75) is 170 Å². The summed E-state index contributed by atoms with van der Waals surface area (Å²) in [6, 6.07) is 0. The predicted molar refractivity (Wildman–Crippen MR) is 194 cm³/mol. The van der Waals surface area contributed by atoms with Gasteiger partial charge in [0.2, 0.25) is 0 Å². The van der Waals surface area contributed by atoms with Crippen LogP contribution < -0.4 is 10.2 Å². The van der Waals surface area contributed by atoms with Gasteiger partial charge in [-0.25, -0.2) is 0 Å². The van der Waals surface area contributed by atoms with Gasteiger partial charge in [0.05, 0.1) is 61.2 Å². The van der Waals surface area contributed by atoms with Crippen LogP contribution in [-0.4, -0.2) is 83.7 Å². The first-order valence-electron chi connectivity index (χ1n) is 18.4. The van der Waals surface area contributed by atoms with Crippen LogP contribution in [0.2, 0.25) is 0 Å². The van der Waals surface area contributed by atoms with Gasteiger partial charge in [-0.2, -0.15) is 0 Å². The number of rotatable bonds is 27. The van der Waals surface area contributed by atoms with Crippen LogP contribution in [0.3, 0.4) is 0 Å². The number of aliphatic hydroxyl groups excluding tert-OH is 2. The largest absolute Gasteiger partial charge is 0.547 e. The average Bonchev–Trinajstić information content (AvgIpc) is 3.03. The topological polar surface area (TPSA) is 121 Å². The Balaban J connectivity index is -0.000000594. The lowest BCUT2D eigenvalue weighted by molar-refractivity contribution is -0.333. The van der Waals surface area contributed by atoms with E-state index in [1.165, 1.54) is 103 Å². The molecule has 0 aromatic carbocycles. The monoisotopic (exact) mass is 667 g/mol. The highest BCUT2D eigenvalue weighted by atomic mass is 31.2. The van der Waals surface area contributed by atoms with Crippen LogP contribution in [-0.2, 0) is 9.59 Å². The molecule has 2 atom stereocenters. The summed E-state index contributed by atoms with van der Waals surface area (Å²) < 4.78 is 0. The number of aliphatic hydroxyl groups is 2. The molecule has 0 fully saturated rings. The molecule has 0 aliphatic rings. The molecule has 0 radical (unpaired) electrons. The molecule has 0 heterocycles. The van der Waals surface area contributed by atoms with E-state index < -0.39 is 38.7 Å². The molecule has 6 nitrogen and oxygen atoms in total. The number of hydrogen-bond acceptors (Lipinski definition) is 6. The van der Waals surface area contributed by atoms with Crippen LogP contribution >= 0.6 is 14.5 Å². The molecule has 44 heavy (non-hydrogen) atoms. The summed E-state index contributed by atoms with van der Waals surface area (Å²) in [4.78, 5) is 19.3. The van der Waals surface area contributed by atoms with Crippen molar-refractivity contribution >= 4 is 26.5 Å². The van der Waals surface area contributed by atoms with E-state index in [0.717, 1.165) is 0 Å². The number of aliphatic carboxylic acids is 2. The minimum Gasteiger partial charge on any atom is -0.547 e. The van der Waals surface area contributed by atoms with Crippen LogP contribution in [0.15, 0.2) is 0 Å². The highest BCUT2D eigenvalue weighted by Crippen LogP contribution is 2.62. The average molecular weight is 667 g/mol. The minimum atomic E-state index is -2.44. The van der Waals surface area contributed by atoms with Crippen molar-refractivity contribution in [1.82, 2.24) is 0 Å². The molecule has 0 aromatic rings. The fraction of sp³-hybridized carbons (Fsp3) is 0.944. The predicted octanol–water partition coefficient (Wildman–Crippen LogP) is 7.62. The maximum Gasteiger partial charge on any atom is 0.124 e. The van der Waals surface area contributed by atoms with E-state index in [9.17, 15) is 19.8 Å². The number of carbonyl (C=O) groups is 2. The van der Waals surface area contributed by atoms with E-state index in [2.05, 4.69) is 55.4 Å². The standard InChI is InChI=1S/2C16H36P.C4H6O6/c2*1-5-9-13-17(14-10-6-2,15-11-7-3)16-12-8-4;5-1(3(7)8)2(6)4(9)10/h2*5-16H2,1-4H3;1-2,5-6H,(H,7,8)(H,9,10)/q2*+1;/p-2/t;;1-,2-/m..0/s1. The van der Waals surface area contributed by atoms with E-state index in [4.69, 9.17) is 10.2 Å². The first kappa shape index (κ1) is 48.1.